The molecule has 6 heteroatoms. The molecular weight excluding hydrogens is 260 g/mol. The average Bonchev–Trinajstić information content (AvgIpc) is 2.46. The summed E-state index contributed by atoms with van der Waals surface area (Å²) in [4.78, 5) is 26.7. The van der Waals surface area contributed by atoms with E-state index in [0.717, 1.165) is 0 Å². The normalized spacial score (nSPS) is 21.7. The number of carbonyl (C=O) groups excluding carboxylic acids is 1. The van der Waals surface area contributed by atoms with Gasteiger partial charge in [0.05, 0.1) is 24.8 Å². The summed E-state index contributed by atoms with van der Waals surface area (Å²) in [5.74, 6) is -1.27. The maximum absolute atomic E-state index is 12.0. The zero-order chi connectivity index (χ0) is 14.7. The van der Waals surface area contributed by atoms with E-state index in [9.17, 15) is 14.9 Å². The SMILES string of the molecule is COC(=O)C1=C(C)N=CC([N+](=O)[O-])[C@H]1c1ccccc1. The van der Waals surface area contributed by atoms with Crippen molar-refractivity contribution in [2.75, 3.05) is 7.11 Å². The number of hydrogen-bond acceptors (Lipinski definition) is 5. The highest BCUT2D eigenvalue weighted by atomic mass is 16.6. The van der Waals surface area contributed by atoms with E-state index in [1.54, 1.807) is 31.2 Å². The molecular formula is C14H14N2O4. The van der Waals surface area contributed by atoms with Crippen LogP contribution >= 0.6 is 0 Å². The van der Waals surface area contributed by atoms with Crippen LogP contribution < -0.4 is 0 Å². The first-order valence-electron chi connectivity index (χ1n) is 6.08. The minimum Gasteiger partial charge on any atom is -0.466 e. The number of nitrogens with zero attached hydrogens (tertiary/aromatic N) is 2. The van der Waals surface area contributed by atoms with Crippen LogP contribution in [0.3, 0.4) is 0 Å². The maximum atomic E-state index is 12.0. The summed E-state index contributed by atoms with van der Waals surface area (Å²) >= 11 is 0. The molecule has 2 atom stereocenters. The second kappa shape index (κ2) is 5.64. The molecule has 1 aliphatic rings. The van der Waals surface area contributed by atoms with Gasteiger partial charge in [0.1, 0.15) is 0 Å². The van der Waals surface area contributed by atoms with Crippen molar-refractivity contribution in [3.63, 3.8) is 0 Å². The minimum absolute atomic E-state index is 0.239. The lowest BCUT2D eigenvalue weighted by Crippen LogP contribution is -2.35. The molecule has 0 aliphatic carbocycles. The summed E-state index contributed by atoms with van der Waals surface area (Å²) in [5, 5.41) is 11.2. The van der Waals surface area contributed by atoms with Crippen LogP contribution in [0.4, 0.5) is 0 Å². The third-order valence-electron chi connectivity index (χ3n) is 3.27. The highest BCUT2D eigenvalue weighted by molar-refractivity contribution is 5.93. The van der Waals surface area contributed by atoms with Crippen LogP contribution in [0.5, 0.6) is 0 Å². The molecule has 0 amide bonds. The lowest BCUT2D eigenvalue weighted by Gasteiger charge is -2.24. The molecule has 6 nitrogen and oxygen atoms in total. The molecule has 0 N–H and O–H groups in total. The Kier molecular flexibility index (Phi) is 3.93. The zero-order valence-electron chi connectivity index (χ0n) is 11.1. The number of esters is 1. The van der Waals surface area contributed by atoms with Crippen molar-refractivity contribution < 1.29 is 14.5 Å². The Balaban J connectivity index is 2.57. The van der Waals surface area contributed by atoms with Crippen LogP contribution in [0.25, 0.3) is 0 Å². The molecule has 0 radical (unpaired) electrons. The van der Waals surface area contributed by atoms with Crippen molar-refractivity contribution in [1.29, 1.82) is 0 Å². The van der Waals surface area contributed by atoms with Gasteiger partial charge in [-0.1, -0.05) is 30.3 Å². The predicted octanol–water partition coefficient (Wildman–Crippen LogP) is 1.95. The van der Waals surface area contributed by atoms with Gasteiger partial charge in [0, 0.05) is 10.6 Å². The van der Waals surface area contributed by atoms with Crippen LogP contribution in [0.1, 0.15) is 18.4 Å². The number of aliphatic imine (C=N–C) groups is 1. The first kappa shape index (κ1) is 13.9. The van der Waals surface area contributed by atoms with Gasteiger partial charge in [0.25, 0.3) is 6.04 Å². The Morgan fingerprint density at radius 2 is 2.00 bits per heavy atom. The first-order valence-corrected chi connectivity index (χ1v) is 6.08. The standard InChI is InChI=1S/C14H14N2O4/c1-9-12(14(17)20-2)13(10-6-4-3-5-7-10)11(8-15-9)16(18)19/h3-8,11,13H,1-2H3/t11?,13-/m1/s1. The van der Waals surface area contributed by atoms with Gasteiger partial charge in [-0.3, -0.25) is 15.1 Å². The highest BCUT2D eigenvalue weighted by Crippen LogP contribution is 2.34. The van der Waals surface area contributed by atoms with Gasteiger partial charge >= 0.3 is 5.97 Å². The molecule has 0 fully saturated rings. The molecule has 0 saturated carbocycles. The van der Waals surface area contributed by atoms with E-state index < -0.39 is 22.9 Å². The summed E-state index contributed by atoms with van der Waals surface area (Å²) in [6.45, 7) is 1.65. The van der Waals surface area contributed by atoms with Gasteiger partial charge < -0.3 is 4.74 Å². The van der Waals surface area contributed by atoms with Crippen molar-refractivity contribution in [1.82, 2.24) is 0 Å². The van der Waals surface area contributed by atoms with Crippen LogP contribution in [-0.4, -0.2) is 30.3 Å². The molecule has 0 spiro atoms. The molecule has 1 aliphatic heterocycles. The third-order valence-corrected chi connectivity index (χ3v) is 3.27. The second-order valence-corrected chi connectivity index (χ2v) is 4.43. The van der Waals surface area contributed by atoms with Gasteiger partial charge in [-0.05, 0) is 12.5 Å². The number of ether oxygens (including phenoxy) is 1. The van der Waals surface area contributed by atoms with Crippen molar-refractivity contribution >= 4 is 12.2 Å². The van der Waals surface area contributed by atoms with Crippen LogP contribution in [0.2, 0.25) is 0 Å². The molecule has 1 aromatic rings. The Labute approximate surface area is 115 Å². The molecule has 1 heterocycles. The van der Waals surface area contributed by atoms with E-state index >= 15 is 0 Å². The number of allylic oxidation sites excluding steroid dienone is 1. The van der Waals surface area contributed by atoms with E-state index in [4.69, 9.17) is 4.74 Å². The molecule has 0 aromatic heterocycles. The summed E-state index contributed by atoms with van der Waals surface area (Å²) < 4.78 is 4.75. The fourth-order valence-electron chi connectivity index (χ4n) is 2.32. The van der Waals surface area contributed by atoms with Crippen LogP contribution in [0, 0.1) is 10.1 Å². The molecule has 0 bridgehead atoms. The maximum Gasteiger partial charge on any atom is 0.336 e. The Morgan fingerprint density at radius 1 is 1.35 bits per heavy atom. The van der Waals surface area contributed by atoms with Gasteiger partial charge in [0.15, 0.2) is 0 Å². The number of hydrogen-bond donors (Lipinski definition) is 0. The van der Waals surface area contributed by atoms with Crippen molar-refractivity contribution in [2.45, 2.75) is 18.9 Å². The highest BCUT2D eigenvalue weighted by Gasteiger charge is 2.41. The average molecular weight is 274 g/mol. The fraction of sp³-hybridized carbons (Fsp3) is 0.286. The van der Waals surface area contributed by atoms with Crippen LogP contribution in [0.15, 0.2) is 46.6 Å². The Hall–Kier alpha value is -2.50. The molecule has 104 valence electrons. The van der Waals surface area contributed by atoms with Gasteiger partial charge in [-0.25, -0.2) is 4.79 Å². The second-order valence-electron chi connectivity index (χ2n) is 4.43. The molecule has 2 rings (SSSR count). The largest absolute Gasteiger partial charge is 0.466 e. The van der Waals surface area contributed by atoms with E-state index in [-0.39, 0.29) is 5.57 Å². The molecule has 1 aromatic carbocycles. The Morgan fingerprint density at radius 3 is 2.55 bits per heavy atom. The molecule has 1 unspecified atom stereocenters. The summed E-state index contributed by atoms with van der Waals surface area (Å²) in [5.41, 5.74) is 1.38. The van der Waals surface area contributed by atoms with Crippen molar-refractivity contribution in [3.8, 4) is 0 Å². The predicted molar refractivity (Wildman–Crippen MR) is 73.2 cm³/mol. The Bertz CT molecular complexity index is 592. The summed E-state index contributed by atoms with van der Waals surface area (Å²) in [6.07, 6.45) is 1.28. The van der Waals surface area contributed by atoms with Crippen LogP contribution in [-0.2, 0) is 9.53 Å². The van der Waals surface area contributed by atoms with E-state index in [0.29, 0.717) is 11.3 Å². The quantitative estimate of drug-likeness (QED) is 0.479. The van der Waals surface area contributed by atoms with E-state index in [1.165, 1.54) is 13.3 Å². The fourth-order valence-corrected chi connectivity index (χ4v) is 2.32. The first-order chi connectivity index (χ1) is 9.56. The van der Waals surface area contributed by atoms with Gasteiger partial charge in [-0.15, -0.1) is 0 Å². The number of benzene rings is 1. The summed E-state index contributed by atoms with van der Waals surface area (Å²) in [7, 11) is 1.25. The third kappa shape index (κ3) is 2.45. The van der Waals surface area contributed by atoms with Crippen molar-refractivity contribution in [3.05, 3.63) is 57.3 Å². The number of methoxy groups -OCH3 is 1. The lowest BCUT2D eigenvalue weighted by atomic mass is 9.83. The lowest BCUT2D eigenvalue weighted by molar-refractivity contribution is -0.504. The van der Waals surface area contributed by atoms with Gasteiger partial charge in [0.2, 0.25) is 0 Å². The molecule has 0 saturated heterocycles. The minimum atomic E-state index is -1.07. The zero-order valence-corrected chi connectivity index (χ0v) is 11.1. The monoisotopic (exact) mass is 274 g/mol. The molecule has 20 heavy (non-hydrogen) atoms. The van der Waals surface area contributed by atoms with E-state index in [1.807, 2.05) is 6.07 Å². The summed E-state index contributed by atoms with van der Waals surface area (Å²) in [6, 6.07) is 7.82. The number of nitro groups is 1. The van der Waals surface area contributed by atoms with E-state index in [2.05, 4.69) is 4.99 Å². The topological polar surface area (TPSA) is 81.8 Å². The van der Waals surface area contributed by atoms with Crippen molar-refractivity contribution in [2.24, 2.45) is 4.99 Å². The smallest absolute Gasteiger partial charge is 0.336 e. The number of carbonyl (C=O) groups is 1. The number of rotatable bonds is 3. The van der Waals surface area contributed by atoms with Gasteiger partial charge in [-0.2, -0.15) is 0 Å².